The van der Waals surface area contributed by atoms with E-state index in [0.29, 0.717) is 30.9 Å². The van der Waals surface area contributed by atoms with Crippen LogP contribution in [0.5, 0.6) is 5.75 Å². The lowest BCUT2D eigenvalue weighted by molar-refractivity contribution is -0.124. The van der Waals surface area contributed by atoms with Crippen LogP contribution in [0.1, 0.15) is 62.9 Å². The van der Waals surface area contributed by atoms with Gasteiger partial charge in [-0.15, -0.1) is 0 Å². The molecule has 12 heteroatoms. The number of carbonyl (C=O) groups is 3. The third kappa shape index (κ3) is 6.24. The molecule has 2 bridgehead atoms. The lowest BCUT2D eigenvalue weighted by atomic mass is 9.76. The molecule has 3 fully saturated rings. The number of amides is 3. The topological polar surface area (TPSA) is 123 Å². The molecule has 2 N–H and O–H groups in total. The summed E-state index contributed by atoms with van der Waals surface area (Å²) >= 11 is 5.67. The molecule has 6 rings (SSSR count). The van der Waals surface area contributed by atoms with Crippen molar-refractivity contribution in [3.05, 3.63) is 53.0 Å². The predicted molar refractivity (Wildman–Crippen MR) is 143 cm³/mol. The summed E-state index contributed by atoms with van der Waals surface area (Å²) in [6.07, 6.45) is 5.61. The molecule has 0 spiro atoms. The molecular weight excluding hydrogens is 543 g/mol. The van der Waals surface area contributed by atoms with Gasteiger partial charge in [-0.1, -0.05) is 17.7 Å². The van der Waals surface area contributed by atoms with Crippen LogP contribution in [0, 0.1) is 11.7 Å². The normalized spacial score (nSPS) is 23.6. The Balaban J connectivity index is 1.11. The first kappa shape index (κ1) is 27.9. The average molecular weight is 575 g/mol. The van der Waals surface area contributed by atoms with Crippen LogP contribution in [-0.4, -0.2) is 64.7 Å². The highest BCUT2D eigenvalue weighted by Gasteiger charge is 2.57. The number of halogens is 2. The van der Waals surface area contributed by atoms with Crippen molar-refractivity contribution in [1.82, 2.24) is 20.5 Å². The van der Waals surface area contributed by atoms with Crippen LogP contribution in [0.25, 0.3) is 5.57 Å². The van der Waals surface area contributed by atoms with Crippen molar-refractivity contribution in [3.63, 3.8) is 0 Å². The van der Waals surface area contributed by atoms with Gasteiger partial charge < -0.3 is 29.4 Å². The largest absolute Gasteiger partial charge is 0.484 e. The zero-order valence-corrected chi connectivity index (χ0v) is 23.3. The monoisotopic (exact) mass is 574 g/mol. The number of nitrogens with zero attached hydrogens (tertiary/aromatic N) is 2. The number of aromatic nitrogens is 1. The maximum Gasteiger partial charge on any atom is 0.410 e. The number of hydrogen-bond donors (Lipinski definition) is 2. The maximum atomic E-state index is 13.6. The molecule has 1 atom stereocenters. The molecule has 214 valence electrons. The number of hydrogen-bond acceptors (Lipinski definition) is 7. The molecule has 40 heavy (non-hydrogen) atoms. The van der Waals surface area contributed by atoms with Crippen LogP contribution >= 0.6 is 11.6 Å². The Hall–Kier alpha value is -3.60. The van der Waals surface area contributed by atoms with E-state index in [1.165, 1.54) is 18.3 Å². The summed E-state index contributed by atoms with van der Waals surface area (Å²) in [6.45, 7) is 5.99. The molecule has 1 aliphatic heterocycles. The van der Waals surface area contributed by atoms with Crippen molar-refractivity contribution in [2.24, 2.45) is 5.92 Å². The van der Waals surface area contributed by atoms with Crippen LogP contribution in [0.15, 0.2) is 34.9 Å². The Morgan fingerprint density at radius 3 is 2.75 bits per heavy atom. The van der Waals surface area contributed by atoms with Crippen LogP contribution in [-0.2, 0) is 9.53 Å². The van der Waals surface area contributed by atoms with E-state index in [1.807, 2.05) is 26.8 Å². The standard InChI is InChI=1S/C28H32ClFN4O6/c1-27(2,3)40-26(37)34-8-4-5-16(14-34)25-31-13-22(39-25)24(36)33-28-10-17(11-28)21(12-28)32-23(35)15-38-18-6-7-19(29)20(30)9-18/h5-7,9,13,17,21H,4,8,10-12,14-15H2,1-3H3,(H,32,35)(H,33,36)/t17?,21-,28?/m0/s1. The molecule has 1 aromatic carbocycles. The number of ether oxygens (including phenoxy) is 2. The number of rotatable bonds is 7. The summed E-state index contributed by atoms with van der Waals surface area (Å²) in [5, 5.41) is 6.00. The number of carbonyl (C=O) groups excluding carboxylic acids is 3. The third-order valence-corrected chi connectivity index (χ3v) is 7.58. The fraction of sp³-hybridized carbons (Fsp3) is 0.500. The fourth-order valence-corrected chi connectivity index (χ4v) is 5.60. The molecule has 3 amide bonds. The summed E-state index contributed by atoms with van der Waals surface area (Å²) < 4.78 is 30.2. The van der Waals surface area contributed by atoms with E-state index in [1.54, 1.807) is 4.90 Å². The minimum atomic E-state index is -0.619. The van der Waals surface area contributed by atoms with Gasteiger partial charge in [0, 0.05) is 29.8 Å². The molecule has 4 aliphatic rings. The van der Waals surface area contributed by atoms with E-state index < -0.39 is 23.1 Å². The van der Waals surface area contributed by atoms with E-state index in [9.17, 15) is 18.8 Å². The molecule has 3 aliphatic carbocycles. The van der Waals surface area contributed by atoms with Gasteiger partial charge in [0.2, 0.25) is 11.7 Å². The van der Waals surface area contributed by atoms with E-state index >= 15 is 0 Å². The molecule has 2 heterocycles. The van der Waals surface area contributed by atoms with Crippen molar-refractivity contribution in [3.8, 4) is 5.75 Å². The fourth-order valence-electron chi connectivity index (χ4n) is 5.48. The zero-order valence-electron chi connectivity index (χ0n) is 22.6. The van der Waals surface area contributed by atoms with Gasteiger partial charge in [-0.2, -0.15) is 0 Å². The molecule has 10 nitrogen and oxygen atoms in total. The van der Waals surface area contributed by atoms with Gasteiger partial charge in [0.15, 0.2) is 6.61 Å². The lowest BCUT2D eigenvalue weighted by Gasteiger charge is -2.38. The average Bonchev–Trinajstić information content (AvgIpc) is 3.57. The van der Waals surface area contributed by atoms with Crippen molar-refractivity contribution in [1.29, 1.82) is 0 Å². The van der Waals surface area contributed by atoms with Crippen LogP contribution < -0.4 is 15.4 Å². The minimum Gasteiger partial charge on any atom is -0.484 e. The van der Waals surface area contributed by atoms with Gasteiger partial charge in [0.05, 0.1) is 17.8 Å². The van der Waals surface area contributed by atoms with Crippen LogP contribution in [0.4, 0.5) is 9.18 Å². The van der Waals surface area contributed by atoms with Gasteiger partial charge in [0.25, 0.3) is 11.8 Å². The van der Waals surface area contributed by atoms with Crippen molar-refractivity contribution < 1.29 is 32.7 Å². The van der Waals surface area contributed by atoms with Crippen molar-refractivity contribution in [2.75, 3.05) is 19.7 Å². The third-order valence-electron chi connectivity index (χ3n) is 7.28. The second-order valence-electron chi connectivity index (χ2n) is 11.6. The molecule has 1 aromatic heterocycles. The highest BCUT2D eigenvalue weighted by molar-refractivity contribution is 6.30. The van der Waals surface area contributed by atoms with E-state index in [4.69, 9.17) is 25.5 Å². The Labute approximate surface area is 236 Å². The zero-order chi connectivity index (χ0) is 28.7. The Morgan fingerprint density at radius 1 is 1.25 bits per heavy atom. The van der Waals surface area contributed by atoms with Crippen molar-refractivity contribution in [2.45, 2.75) is 63.6 Å². The predicted octanol–water partition coefficient (Wildman–Crippen LogP) is 4.34. The van der Waals surface area contributed by atoms with E-state index in [0.717, 1.165) is 18.9 Å². The summed E-state index contributed by atoms with van der Waals surface area (Å²) in [7, 11) is 0. The highest BCUT2D eigenvalue weighted by atomic mass is 35.5. The Bertz CT molecular complexity index is 1350. The number of fused-ring (bicyclic) bond motifs is 1. The quantitative estimate of drug-likeness (QED) is 0.504. The molecule has 3 saturated carbocycles. The van der Waals surface area contributed by atoms with Crippen LogP contribution in [0.3, 0.4) is 0 Å². The van der Waals surface area contributed by atoms with Gasteiger partial charge in [-0.25, -0.2) is 14.2 Å². The molecule has 0 saturated heterocycles. The minimum absolute atomic E-state index is 0.0210. The van der Waals surface area contributed by atoms with Gasteiger partial charge in [0.1, 0.15) is 17.2 Å². The van der Waals surface area contributed by atoms with Crippen LogP contribution in [0.2, 0.25) is 5.02 Å². The molecule has 0 unspecified atom stereocenters. The van der Waals surface area contributed by atoms with Crippen molar-refractivity contribution >= 4 is 35.1 Å². The number of nitrogens with one attached hydrogen (secondary N) is 2. The first-order chi connectivity index (χ1) is 18.9. The lowest BCUT2D eigenvalue weighted by Crippen LogP contribution is -2.51. The second-order valence-corrected chi connectivity index (χ2v) is 12.0. The molecule has 0 radical (unpaired) electrons. The summed E-state index contributed by atoms with van der Waals surface area (Å²) in [5.41, 5.74) is -0.310. The van der Waals surface area contributed by atoms with E-state index in [2.05, 4.69) is 15.6 Å². The first-order valence-electron chi connectivity index (χ1n) is 13.2. The van der Waals surface area contributed by atoms with E-state index in [-0.39, 0.29) is 53.5 Å². The van der Waals surface area contributed by atoms with Gasteiger partial charge >= 0.3 is 6.09 Å². The molecular formula is C28H32ClFN4O6. The maximum absolute atomic E-state index is 13.6. The van der Waals surface area contributed by atoms with Gasteiger partial charge in [-0.05, 0) is 64.5 Å². The first-order valence-corrected chi connectivity index (χ1v) is 13.6. The number of oxazole rings is 1. The summed E-state index contributed by atoms with van der Waals surface area (Å²) in [4.78, 5) is 43.7. The SMILES string of the molecule is CC(C)(C)OC(=O)N1CCC=C(c2ncc(C(=O)NC34CC(C3)[C@@H](NC(=O)COc3ccc(Cl)c(F)c3)C4)o2)C1. The summed E-state index contributed by atoms with van der Waals surface area (Å²) in [5.74, 6) is -0.490. The highest BCUT2D eigenvalue weighted by Crippen LogP contribution is 2.52. The molecule has 2 aromatic rings. The van der Waals surface area contributed by atoms with Gasteiger partial charge in [-0.3, -0.25) is 9.59 Å². The Morgan fingerprint density at radius 2 is 2.02 bits per heavy atom. The summed E-state index contributed by atoms with van der Waals surface area (Å²) in [6, 6.07) is 3.88. The Kier molecular flexibility index (Phi) is 7.52. The smallest absolute Gasteiger partial charge is 0.410 e. The number of benzene rings is 1. The second kappa shape index (κ2) is 10.8.